The highest BCUT2D eigenvalue weighted by Gasteiger charge is 2.35. The van der Waals surface area contributed by atoms with E-state index in [2.05, 4.69) is 0 Å². The highest BCUT2D eigenvalue weighted by atomic mass is 35.5. The van der Waals surface area contributed by atoms with Gasteiger partial charge in [0.2, 0.25) is 5.91 Å². The Morgan fingerprint density at radius 3 is 2.57 bits per heavy atom. The number of nitrogens with zero attached hydrogens (tertiary/aromatic N) is 1. The zero-order valence-electron chi connectivity index (χ0n) is 11.8. The zero-order valence-corrected chi connectivity index (χ0v) is 14.2. The number of hydrogen-bond acceptors (Lipinski definition) is 3. The maximum Gasteiger partial charge on any atom is 0.226 e. The lowest BCUT2D eigenvalue weighted by Gasteiger charge is -2.28. The molecule has 7 heteroatoms. The topological polar surface area (TPSA) is 54.5 Å². The van der Waals surface area contributed by atoms with Gasteiger partial charge in [0.15, 0.2) is 9.84 Å². The minimum Gasteiger partial charge on any atom is -0.339 e. The van der Waals surface area contributed by atoms with E-state index in [1.807, 2.05) is 6.92 Å². The van der Waals surface area contributed by atoms with Crippen LogP contribution in [0.1, 0.15) is 24.9 Å². The first kappa shape index (κ1) is 16.6. The van der Waals surface area contributed by atoms with Crippen LogP contribution < -0.4 is 0 Å². The Bertz CT molecular complexity index is 660. The maximum absolute atomic E-state index is 12.4. The summed E-state index contributed by atoms with van der Waals surface area (Å²) in [7, 11) is -1.40. The molecule has 0 unspecified atom stereocenters. The quantitative estimate of drug-likeness (QED) is 0.842. The van der Waals surface area contributed by atoms with E-state index in [9.17, 15) is 13.2 Å². The Balaban J connectivity index is 2.15. The van der Waals surface area contributed by atoms with Gasteiger partial charge >= 0.3 is 0 Å². The van der Waals surface area contributed by atoms with Crippen LogP contribution >= 0.6 is 23.2 Å². The SMILES string of the molecule is C[C@@H](c1ccc(Cl)cc1Cl)N(C)C(=O)[C@H]1CCS(=O)(=O)C1. The molecule has 1 fully saturated rings. The van der Waals surface area contributed by atoms with E-state index in [1.165, 1.54) is 0 Å². The number of benzene rings is 1. The first-order valence-corrected chi connectivity index (χ1v) is 9.21. The molecule has 1 amide bonds. The fourth-order valence-electron chi connectivity index (χ4n) is 2.52. The Hall–Kier alpha value is -0.780. The van der Waals surface area contributed by atoms with Crippen molar-refractivity contribution in [2.45, 2.75) is 19.4 Å². The van der Waals surface area contributed by atoms with Crippen LogP contribution in [0.25, 0.3) is 0 Å². The molecule has 116 valence electrons. The van der Waals surface area contributed by atoms with Crippen molar-refractivity contribution in [1.82, 2.24) is 4.90 Å². The Morgan fingerprint density at radius 2 is 2.05 bits per heavy atom. The van der Waals surface area contributed by atoms with Gasteiger partial charge in [0.1, 0.15) is 0 Å². The zero-order chi connectivity index (χ0) is 15.8. The van der Waals surface area contributed by atoms with Gasteiger partial charge in [-0.2, -0.15) is 0 Å². The van der Waals surface area contributed by atoms with Crippen molar-refractivity contribution >= 4 is 38.9 Å². The number of sulfone groups is 1. The molecule has 1 heterocycles. The molecule has 0 spiro atoms. The highest BCUT2D eigenvalue weighted by Crippen LogP contribution is 2.31. The van der Waals surface area contributed by atoms with Crippen molar-refractivity contribution in [3.8, 4) is 0 Å². The molecule has 1 aromatic rings. The molecule has 0 N–H and O–H groups in total. The predicted molar refractivity (Wildman–Crippen MR) is 84.4 cm³/mol. The van der Waals surface area contributed by atoms with Crippen molar-refractivity contribution in [2.24, 2.45) is 5.92 Å². The van der Waals surface area contributed by atoms with Crippen LogP contribution in [0, 0.1) is 5.92 Å². The lowest BCUT2D eigenvalue weighted by molar-refractivity contribution is -0.135. The molecule has 0 saturated carbocycles. The van der Waals surface area contributed by atoms with E-state index in [-0.39, 0.29) is 23.5 Å². The number of carbonyl (C=O) groups excluding carboxylic acids is 1. The molecule has 1 aliphatic rings. The monoisotopic (exact) mass is 349 g/mol. The van der Waals surface area contributed by atoms with E-state index in [0.717, 1.165) is 5.56 Å². The van der Waals surface area contributed by atoms with Crippen LogP contribution in [-0.4, -0.2) is 37.8 Å². The lowest BCUT2D eigenvalue weighted by Crippen LogP contribution is -2.35. The molecule has 0 aliphatic carbocycles. The molecule has 1 saturated heterocycles. The average molecular weight is 350 g/mol. The van der Waals surface area contributed by atoms with Gasteiger partial charge in [0.25, 0.3) is 0 Å². The first-order chi connectivity index (χ1) is 9.71. The minimum absolute atomic E-state index is 0.0583. The van der Waals surface area contributed by atoms with Gasteiger partial charge in [0, 0.05) is 17.1 Å². The Kier molecular flexibility index (Phi) is 4.85. The van der Waals surface area contributed by atoms with Gasteiger partial charge in [0.05, 0.1) is 23.5 Å². The van der Waals surface area contributed by atoms with Gasteiger partial charge in [-0.1, -0.05) is 29.3 Å². The predicted octanol–water partition coefficient (Wildman–Crippen LogP) is 2.95. The third-order valence-electron chi connectivity index (χ3n) is 3.92. The third-order valence-corrected chi connectivity index (χ3v) is 6.25. The second-order valence-electron chi connectivity index (χ2n) is 5.39. The van der Waals surface area contributed by atoms with Gasteiger partial charge in [-0.25, -0.2) is 8.42 Å². The first-order valence-electron chi connectivity index (χ1n) is 6.63. The lowest BCUT2D eigenvalue weighted by atomic mass is 10.0. The summed E-state index contributed by atoms with van der Waals surface area (Å²) in [6.45, 7) is 1.86. The van der Waals surface area contributed by atoms with Crippen molar-refractivity contribution in [3.63, 3.8) is 0 Å². The van der Waals surface area contributed by atoms with Crippen molar-refractivity contribution < 1.29 is 13.2 Å². The van der Waals surface area contributed by atoms with Crippen LogP contribution in [-0.2, 0) is 14.6 Å². The Morgan fingerprint density at radius 1 is 1.38 bits per heavy atom. The molecular formula is C14H17Cl2NO3S. The summed E-state index contributed by atoms with van der Waals surface area (Å²) in [4.78, 5) is 14.0. The maximum atomic E-state index is 12.4. The van der Waals surface area contributed by atoms with Gasteiger partial charge < -0.3 is 4.90 Å². The molecule has 0 radical (unpaired) electrons. The second kappa shape index (κ2) is 6.15. The molecular weight excluding hydrogens is 333 g/mol. The van der Waals surface area contributed by atoms with Crippen molar-refractivity contribution in [3.05, 3.63) is 33.8 Å². The van der Waals surface area contributed by atoms with E-state index < -0.39 is 15.8 Å². The molecule has 2 rings (SSSR count). The minimum atomic E-state index is -3.07. The summed E-state index contributed by atoms with van der Waals surface area (Å²) in [5.74, 6) is -0.576. The summed E-state index contributed by atoms with van der Waals surface area (Å²) < 4.78 is 23.0. The summed E-state index contributed by atoms with van der Waals surface area (Å²) in [6.07, 6.45) is 0.395. The third kappa shape index (κ3) is 3.71. The number of carbonyl (C=O) groups is 1. The van der Waals surface area contributed by atoms with Gasteiger partial charge in [-0.15, -0.1) is 0 Å². The second-order valence-corrected chi connectivity index (χ2v) is 8.46. The van der Waals surface area contributed by atoms with Crippen LogP contribution in [0.4, 0.5) is 0 Å². The number of halogens is 2. The Labute approximate surface area is 134 Å². The largest absolute Gasteiger partial charge is 0.339 e. The molecule has 1 aliphatic heterocycles. The number of amides is 1. The molecule has 21 heavy (non-hydrogen) atoms. The van der Waals surface area contributed by atoms with E-state index in [1.54, 1.807) is 30.1 Å². The van der Waals surface area contributed by atoms with E-state index in [0.29, 0.717) is 16.5 Å². The van der Waals surface area contributed by atoms with Crippen LogP contribution in [0.15, 0.2) is 18.2 Å². The molecule has 4 nitrogen and oxygen atoms in total. The summed E-state index contributed by atoms with van der Waals surface area (Å²) >= 11 is 12.0. The average Bonchev–Trinajstić information content (AvgIpc) is 2.76. The molecule has 1 aromatic carbocycles. The number of hydrogen-bond donors (Lipinski definition) is 0. The van der Waals surface area contributed by atoms with Gasteiger partial charge in [-0.05, 0) is 31.0 Å². The summed E-state index contributed by atoms with van der Waals surface area (Å²) in [5.41, 5.74) is 0.790. The highest BCUT2D eigenvalue weighted by molar-refractivity contribution is 7.91. The van der Waals surface area contributed by atoms with Gasteiger partial charge in [-0.3, -0.25) is 4.79 Å². The number of rotatable bonds is 3. The van der Waals surface area contributed by atoms with E-state index >= 15 is 0 Å². The summed E-state index contributed by atoms with van der Waals surface area (Å²) in [5, 5.41) is 1.03. The molecule has 0 bridgehead atoms. The standard InChI is InChI=1S/C14H17Cl2NO3S/c1-9(12-4-3-11(15)7-13(12)16)17(2)14(18)10-5-6-21(19,20)8-10/h3-4,7,9-10H,5-6,8H2,1-2H3/t9-,10-/m0/s1. The molecule has 2 atom stereocenters. The van der Waals surface area contributed by atoms with E-state index in [4.69, 9.17) is 23.2 Å². The van der Waals surface area contributed by atoms with Crippen molar-refractivity contribution in [2.75, 3.05) is 18.6 Å². The van der Waals surface area contributed by atoms with Crippen molar-refractivity contribution in [1.29, 1.82) is 0 Å². The van der Waals surface area contributed by atoms with Crippen LogP contribution in [0.3, 0.4) is 0 Å². The van der Waals surface area contributed by atoms with Crippen LogP contribution in [0.5, 0.6) is 0 Å². The molecule has 0 aromatic heterocycles. The fourth-order valence-corrected chi connectivity index (χ4v) is 4.82. The normalized spacial score (nSPS) is 22.0. The van der Waals surface area contributed by atoms with Crippen LogP contribution in [0.2, 0.25) is 10.0 Å². The fraction of sp³-hybridized carbons (Fsp3) is 0.500. The smallest absolute Gasteiger partial charge is 0.226 e. The summed E-state index contributed by atoms with van der Waals surface area (Å²) in [6, 6.07) is 4.89.